The maximum absolute atomic E-state index is 9.99. The van der Waals surface area contributed by atoms with Crippen molar-refractivity contribution < 1.29 is 19.1 Å². The Balaban J connectivity index is 0. The molecule has 0 aliphatic heterocycles. The van der Waals surface area contributed by atoms with E-state index in [1.54, 1.807) is 6.92 Å². The normalized spacial score (nSPS) is 5.91. The summed E-state index contributed by atoms with van der Waals surface area (Å²) in [4.78, 5) is 30.3. The summed E-state index contributed by atoms with van der Waals surface area (Å²) in [5.41, 5.74) is 0. The van der Waals surface area contributed by atoms with Gasteiger partial charge in [-0.1, -0.05) is 4.99 Å². The van der Waals surface area contributed by atoms with E-state index in [4.69, 9.17) is 10.2 Å². The summed E-state index contributed by atoms with van der Waals surface area (Å²) in [7, 11) is 0. The number of ether oxygens (including phenoxy) is 1. The molecule has 0 aromatic rings. The van der Waals surface area contributed by atoms with E-state index in [1.807, 2.05) is 0 Å². The summed E-state index contributed by atoms with van der Waals surface area (Å²) in [5.74, 6) is 0. The van der Waals surface area contributed by atoms with E-state index < -0.39 is 6.09 Å². The number of isocyanates is 2. The van der Waals surface area contributed by atoms with Crippen molar-refractivity contribution in [2.24, 2.45) is 4.99 Å². The molecule has 60 valence electrons. The van der Waals surface area contributed by atoms with Crippen LogP contribution in [0.3, 0.4) is 0 Å². The maximum Gasteiger partial charge on any atom is 0.444 e. The van der Waals surface area contributed by atoms with Gasteiger partial charge in [-0.05, 0) is 6.92 Å². The third kappa shape index (κ3) is 17.9. The predicted octanol–water partition coefficient (Wildman–Crippen LogP) is 0.380. The molecule has 0 rings (SSSR count). The third-order valence-corrected chi connectivity index (χ3v) is 0.405. The SMILES string of the molecule is CCOC(=O)N=C=O.N=C=O. The molecule has 1 amide bonds. The van der Waals surface area contributed by atoms with Gasteiger partial charge in [0.2, 0.25) is 12.2 Å². The topological polar surface area (TPSA) is 96.7 Å². The van der Waals surface area contributed by atoms with Gasteiger partial charge in [0, 0.05) is 0 Å². The molecule has 11 heavy (non-hydrogen) atoms. The molecule has 6 nitrogen and oxygen atoms in total. The van der Waals surface area contributed by atoms with Crippen LogP contribution in [0.2, 0.25) is 0 Å². The lowest BCUT2D eigenvalue weighted by Gasteiger charge is -1.88. The first-order chi connectivity index (χ1) is 5.22. The molecular formula is C5H6N2O4. The Kier molecular flexibility index (Phi) is 12.1. The van der Waals surface area contributed by atoms with Crippen LogP contribution >= 0.6 is 0 Å². The second kappa shape index (κ2) is 11.1. The van der Waals surface area contributed by atoms with Crippen molar-refractivity contribution >= 4 is 18.3 Å². The minimum absolute atomic E-state index is 0.226. The Morgan fingerprint density at radius 1 is 1.64 bits per heavy atom. The van der Waals surface area contributed by atoms with Crippen LogP contribution in [0.5, 0.6) is 0 Å². The average molecular weight is 158 g/mol. The first-order valence-corrected chi connectivity index (χ1v) is 2.51. The van der Waals surface area contributed by atoms with Gasteiger partial charge in [-0.25, -0.2) is 19.8 Å². The number of amides is 1. The molecule has 1 N–H and O–H groups in total. The standard InChI is InChI=1S/C4H5NO3.CHNO/c1-2-8-4(7)5-3-6;2-1-3/h2H2,1H3;2H. The molecule has 0 atom stereocenters. The highest BCUT2D eigenvalue weighted by atomic mass is 16.5. The lowest BCUT2D eigenvalue weighted by Crippen LogP contribution is -1.95. The number of carbonyl (C=O) groups excluding carboxylic acids is 3. The molecular weight excluding hydrogens is 152 g/mol. The first-order valence-electron chi connectivity index (χ1n) is 2.51. The van der Waals surface area contributed by atoms with Crippen molar-refractivity contribution in [2.45, 2.75) is 6.92 Å². The monoisotopic (exact) mass is 158 g/mol. The Morgan fingerprint density at radius 2 is 2.09 bits per heavy atom. The van der Waals surface area contributed by atoms with Crippen molar-refractivity contribution in [1.29, 1.82) is 5.41 Å². The van der Waals surface area contributed by atoms with Crippen LogP contribution in [0.25, 0.3) is 0 Å². The summed E-state index contributed by atoms with van der Waals surface area (Å²) in [6.07, 6.45) is 0.916. The van der Waals surface area contributed by atoms with Gasteiger partial charge in [-0.15, -0.1) is 0 Å². The number of nitrogens with one attached hydrogen (secondary N) is 1. The summed E-state index contributed by atoms with van der Waals surface area (Å²) >= 11 is 0. The maximum atomic E-state index is 9.99. The summed E-state index contributed by atoms with van der Waals surface area (Å²) in [5, 5.41) is 5.40. The molecule has 0 unspecified atom stereocenters. The Bertz CT molecular complexity index is 189. The van der Waals surface area contributed by atoms with Crippen LogP contribution in [-0.4, -0.2) is 24.9 Å². The van der Waals surface area contributed by atoms with Crippen molar-refractivity contribution in [3.8, 4) is 0 Å². The molecule has 0 aliphatic rings. The van der Waals surface area contributed by atoms with Crippen molar-refractivity contribution in [2.75, 3.05) is 6.61 Å². The van der Waals surface area contributed by atoms with Crippen LogP contribution in [-0.2, 0) is 14.3 Å². The van der Waals surface area contributed by atoms with Crippen LogP contribution in [0.1, 0.15) is 6.92 Å². The molecule has 0 saturated carbocycles. The van der Waals surface area contributed by atoms with E-state index in [-0.39, 0.29) is 6.61 Å². The van der Waals surface area contributed by atoms with Crippen LogP contribution in [0.15, 0.2) is 4.99 Å². The zero-order valence-corrected chi connectivity index (χ0v) is 5.79. The molecule has 0 aliphatic carbocycles. The summed E-state index contributed by atoms with van der Waals surface area (Å²) in [6.45, 7) is 1.85. The highest BCUT2D eigenvalue weighted by molar-refractivity contribution is 5.73. The third-order valence-electron chi connectivity index (χ3n) is 0.405. The van der Waals surface area contributed by atoms with E-state index in [0.29, 0.717) is 0 Å². The molecule has 0 radical (unpaired) electrons. The second-order valence-corrected chi connectivity index (χ2v) is 1.00. The van der Waals surface area contributed by atoms with E-state index in [9.17, 15) is 9.59 Å². The summed E-state index contributed by atoms with van der Waals surface area (Å²) in [6, 6.07) is 0. The summed E-state index contributed by atoms with van der Waals surface area (Å²) < 4.78 is 4.21. The molecule has 6 heteroatoms. The van der Waals surface area contributed by atoms with Gasteiger partial charge in [0.1, 0.15) is 0 Å². The van der Waals surface area contributed by atoms with Gasteiger partial charge < -0.3 is 4.74 Å². The highest BCUT2D eigenvalue weighted by Gasteiger charge is 1.91. The van der Waals surface area contributed by atoms with Gasteiger partial charge >= 0.3 is 6.09 Å². The van der Waals surface area contributed by atoms with Gasteiger partial charge in [-0.2, -0.15) is 0 Å². The molecule has 0 bridgehead atoms. The van der Waals surface area contributed by atoms with Crippen LogP contribution in [0.4, 0.5) is 4.79 Å². The minimum Gasteiger partial charge on any atom is -0.448 e. The number of carbonyl (C=O) groups is 1. The largest absolute Gasteiger partial charge is 0.448 e. The van der Waals surface area contributed by atoms with E-state index >= 15 is 0 Å². The smallest absolute Gasteiger partial charge is 0.444 e. The van der Waals surface area contributed by atoms with E-state index in [0.717, 1.165) is 12.2 Å². The fourth-order valence-corrected chi connectivity index (χ4v) is 0.193. The van der Waals surface area contributed by atoms with Crippen molar-refractivity contribution in [3.63, 3.8) is 0 Å². The van der Waals surface area contributed by atoms with Crippen LogP contribution in [0, 0.1) is 5.41 Å². The van der Waals surface area contributed by atoms with Gasteiger partial charge in [-0.3, -0.25) is 0 Å². The molecule has 0 aromatic heterocycles. The number of rotatable bonds is 1. The Hall–Kier alpha value is -1.77. The average Bonchev–Trinajstić information content (AvgIpc) is 1.90. The zero-order valence-electron chi connectivity index (χ0n) is 5.79. The van der Waals surface area contributed by atoms with Gasteiger partial charge in [0.05, 0.1) is 6.61 Å². The van der Waals surface area contributed by atoms with Crippen molar-refractivity contribution in [3.05, 3.63) is 0 Å². The van der Waals surface area contributed by atoms with Crippen molar-refractivity contribution in [1.82, 2.24) is 0 Å². The molecule has 0 spiro atoms. The predicted molar refractivity (Wildman–Crippen MR) is 33.6 cm³/mol. The second-order valence-electron chi connectivity index (χ2n) is 1.00. The highest BCUT2D eigenvalue weighted by Crippen LogP contribution is 1.78. The minimum atomic E-state index is -0.887. The lowest BCUT2D eigenvalue weighted by molar-refractivity contribution is 0.163. The fraction of sp³-hybridized carbons (Fsp3) is 0.400. The molecule has 0 heterocycles. The Morgan fingerprint density at radius 3 is 2.36 bits per heavy atom. The lowest BCUT2D eigenvalue weighted by atomic mass is 10.9. The zero-order chi connectivity index (χ0) is 9.11. The number of hydrogen-bond acceptors (Lipinski definition) is 5. The number of hydrogen-bond donors (Lipinski definition) is 1. The van der Waals surface area contributed by atoms with Gasteiger partial charge in [0.15, 0.2) is 0 Å². The Labute approximate surface area is 62.4 Å². The first kappa shape index (κ1) is 12.0. The molecule has 0 fully saturated rings. The van der Waals surface area contributed by atoms with E-state index in [1.165, 1.54) is 0 Å². The van der Waals surface area contributed by atoms with E-state index in [2.05, 4.69) is 9.73 Å². The molecule has 0 aromatic carbocycles. The fourth-order valence-electron chi connectivity index (χ4n) is 0.193. The van der Waals surface area contributed by atoms with Crippen LogP contribution < -0.4 is 0 Å². The number of nitrogens with zero attached hydrogens (tertiary/aromatic N) is 1. The van der Waals surface area contributed by atoms with Gasteiger partial charge in [0.25, 0.3) is 0 Å². The number of aliphatic imine (C=N–C) groups is 1. The quantitative estimate of drug-likeness (QED) is 0.440. The molecule has 0 saturated heterocycles.